The van der Waals surface area contributed by atoms with Gasteiger partial charge in [-0.1, -0.05) is 0 Å². The number of nitrogens with zero attached hydrogens (tertiary/aromatic N) is 2. The number of rotatable bonds is 2. The van der Waals surface area contributed by atoms with Gasteiger partial charge in [0.2, 0.25) is 5.13 Å². The van der Waals surface area contributed by atoms with E-state index in [2.05, 4.69) is 22.4 Å². The molecule has 1 N–H and O–H groups in total. The third-order valence-corrected chi connectivity index (χ3v) is 2.38. The van der Waals surface area contributed by atoms with Gasteiger partial charge < -0.3 is 0 Å². The van der Waals surface area contributed by atoms with Crippen LogP contribution in [0.25, 0.3) is 0 Å². The molecule has 1 aromatic heterocycles. The van der Waals surface area contributed by atoms with Crippen molar-refractivity contribution in [1.29, 1.82) is 0 Å². The van der Waals surface area contributed by atoms with Gasteiger partial charge in [0.05, 0.1) is 5.69 Å². The lowest BCUT2D eigenvalue weighted by molar-refractivity contribution is 1.19. The van der Waals surface area contributed by atoms with Crippen LogP contribution in [0.1, 0.15) is 24.4 Å². The zero-order valence-corrected chi connectivity index (χ0v) is 8.62. The molecule has 0 radical (unpaired) electrons. The molecule has 0 saturated carbocycles. The van der Waals surface area contributed by atoms with Crippen molar-refractivity contribution < 1.29 is 0 Å². The van der Waals surface area contributed by atoms with Gasteiger partial charge in [-0.25, -0.2) is 4.98 Å². The van der Waals surface area contributed by atoms with Crippen LogP contribution in [0.15, 0.2) is 5.10 Å². The minimum absolute atomic E-state index is 0.867. The molecule has 0 aromatic carbocycles. The second-order valence-corrected chi connectivity index (χ2v) is 4.03. The van der Waals surface area contributed by atoms with Crippen LogP contribution in [-0.4, -0.2) is 10.7 Å². The first kappa shape index (κ1) is 9.19. The number of nitrogens with one attached hydrogen (secondary N) is 1. The van der Waals surface area contributed by atoms with Gasteiger partial charge >= 0.3 is 0 Å². The Morgan fingerprint density at radius 1 is 1.42 bits per heavy atom. The molecule has 0 atom stereocenters. The monoisotopic (exact) mass is 183 g/mol. The van der Waals surface area contributed by atoms with Crippen LogP contribution >= 0.6 is 11.3 Å². The largest absolute Gasteiger partial charge is 0.253 e. The smallest absolute Gasteiger partial charge is 0.203 e. The first-order valence-corrected chi connectivity index (χ1v) is 4.62. The number of thiazole rings is 1. The highest BCUT2D eigenvalue weighted by molar-refractivity contribution is 7.15. The fourth-order valence-corrected chi connectivity index (χ4v) is 1.44. The zero-order chi connectivity index (χ0) is 9.14. The summed E-state index contributed by atoms with van der Waals surface area (Å²) in [6.45, 7) is 7.95. The van der Waals surface area contributed by atoms with E-state index in [0.717, 1.165) is 16.5 Å². The van der Waals surface area contributed by atoms with Gasteiger partial charge in [-0.2, -0.15) is 5.10 Å². The third kappa shape index (κ3) is 2.30. The number of aryl methyl sites for hydroxylation is 2. The Kier molecular flexibility index (Phi) is 2.81. The quantitative estimate of drug-likeness (QED) is 0.565. The number of anilines is 1. The van der Waals surface area contributed by atoms with Gasteiger partial charge in [-0.3, -0.25) is 5.43 Å². The Morgan fingerprint density at radius 3 is 2.50 bits per heavy atom. The van der Waals surface area contributed by atoms with Gasteiger partial charge in [-0.15, -0.1) is 11.3 Å². The second kappa shape index (κ2) is 3.67. The van der Waals surface area contributed by atoms with Gasteiger partial charge in [0.25, 0.3) is 0 Å². The topological polar surface area (TPSA) is 37.3 Å². The normalized spacial score (nSPS) is 9.67. The third-order valence-electron chi connectivity index (χ3n) is 1.40. The van der Waals surface area contributed by atoms with Crippen molar-refractivity contribution in [3.63, 3.8) is 0 Å². The van der Waals surface area contributed by atoms with Crippen LogP contribution in [0.2, 0.25) is 0 Å². The Morgan fingerprint density at radius 2 is 2.08 bits per heavy atom. The van der Waals surface area contributed by atoms with Gasteiger partial charge in [0, 0.05) is 10.6 Å². The predicted octanol–water partition coefficient (Wildman–Crippen LogP) is 2.57. The summed E-state index contributed by atoms with van der Waals surface area (Å²) in [6.07, 6.45) is 0. The molecular formula is C8H13N3S. The Bertz CT molecular complexity index is 278. The van der Waals surface area contributed by atoms with Crippen LogP contribution in [-0.2, 0) is 0 Å². The lowest BCUT2D eigenvalue weighted by Crippen LogP contribution is -1.91. The van der Waals surface area contributed by atoms with Crippen molar-refractivity contribution in [3.05, 3.63) is 10.6 Å². The highest BCUT2D eigenvalue weighted by Crippen LogP contribution is 2.20. The fourth-order valence-electron chi connectivity index (χ4n) is 0.680. The molecule has 4 heteroatoms. The first-order valence-electron chi connectivity index (χ1n) is 3.80. The molecule has 0 bridgehead atoms. The van der Waals surface area contributed by atoms with E-state index in [4.69, 9.17) is 0 Å². The maximum atomic E-state index is 4.28. The molecule has 0 spiro atoms. The Balaban J connectivity index is 2.71. The van der Waals surface area contributed by atoms with E-state index in [1.165, 1.54) is 4.88 Å². The molecule has 0 aliphatic carbocycles. The van der Waals surface area contributed by atoms with Crippen molar-refractivity contribution >= 4 is 22.2 Å². The van der Waals surface area contributed by atoms with Crippen LogP contribution in [0.3, 0.4) is 0 Å². The number of hydrogen-bond donors (Lipinski definition) is 1. The molecule has 1 aromatic rings. The lowest BCUT2D eigenvalue weighted by Gasteiger charge is -1.92. The van der Waals surface area contributed by atoms with E-state index in [9.17, 15) is 0 Å². The summed E-state index contributed by atoms with van der Waals surface area (Å²) in [5.74, 6) is 0. The average Bonchev–Trinajstić information content (AvgIpc) is 2.28. The summed E-state index contributed by atoms with van der Waals surface area (Å²) in [5.41, 5.74) is 4.98. The summed E-state index contributed by atoms with van der Waals surface area (Å²) >= 11 is 1.63. The van der Waals surface area contributed by atoms with E-state index < -0.39 is 0 Å². The fraction of sp³-hybridized carbons (Fsp3) is 0.500. The average molecular weight is 183 g/mol. The van der Waals surface area contributed by atoms with E-state index in [1.807, 2.05) is 20.8 Å². The predicted molar refractivity (Wildman–Crippen MR) is 54.0 cm³/mol. The molecule has 0 saturated heterocycles. The first-order chi connectivity index (χ1) is 5.59. The van der Waals surface area contributed by atoms with Gasteiger partial charge in [0.15, 0.2) is 0 Å². The highest BCUT2D eigenvalue weighted by Gasteiger charge is 2.00. The maximum absolute atomic E-state index is 4.28. The van der Waals surface area contributed by atoms with Crippen molar-refractivity contribution in [1.82, 2.24) is 4.98 Å². The van der Waals surface area contributed by atoms with Crippen molar-refractivity contribution in [2.24, 2.45) is 5.10 Å². The molecule has 0 aliphatic rings. The lowest BCUT2D eigenvalue weighted by atomic mass is 10.4. The molecule has 0 aliphatic heterocycles. The van der Waals surface area contributed by atoms with Gasteiger partial charge in [0.1, 0.15) is 0 Å². The van der Waals surface area contributed by atoms with Crippen LogP contribution in [0.4, 0.5) is 5.13 Å². The summed E-state index contributed by atoms with van der Waals surface area (Å²) in [6, 6.07) is 0. The number of aromatic nitrogens is 1. The van der Waals surface area contributed by atoms with Crippen LogP contribution < -0.4 is 5.43 Å². The SMILES string of the molecule is CC(C)=NNc1nc(C)c(C)s1. The van der Waals surface area contributed by atoms with Crippen LogP contribution in [0.5, 0.6) is 0 Å². The van der Waals surface area contributed by atoms with Crippen molar-refractivity contribution in [2.45, 2.75) is 27.7 Å². The molecule has 0 amide bonds. The van der Waals surface area contributed by atoms with E-state index in [1.54, 1.807) is 11.3 Å². The summed E-state index contributed by atoms with van der Waals surface area (Å²) < 4.78 is 0. The Labute approximate surface area is 76.5 Å². The molecule has 12 heavy (non-hydrogen) atoms. The highest BCUT2D eigenvalue weighted by atomic mass is 32.1. The maximum Gasteiger partial charge on any atom is 0.203 e. The molecular weight excluding hydrogens is 170 g/mol. The van der Waals surface area contributed by atoms with E-state index >= 15 is 0 Å². The molecule has 0 unspecified atom stereocenters. The Hall–Kier alpha value is -0.900. The molecule has 0 fully saturated rings. The van der Waals surface area contributed by atoms with E-state index in [0.29, 0.717) is 0 Å². The summed E-state index contributed by atoms with van der Waals surface area (Å²) in [7, 11) is 0. The summed E-state index contributed by atoms with van der Waals surface area (Å²) in [5, 5.41) is 4.93. The minimum atomic E-state index is 0.867. The zero-order valence-electron chi connectivity index (χ0n) is 7.80. The summed E-state index contributed by atoms with van der Waals surface area (Å²) in [4.78, 5) is 5.52. The van der Waals surface area contributed by atoms with Gasteiger partial charge in [-0.05, 0) is 27.7 Å². The number of hydrazone groups is 1. The molecule has 3 nitrogen and oxygen atoms in total. The van der Waals surface area contributed by atoms with Crippen LogP contribution in [0, 0.1) is 13.8 Å². The minimum Gasteiger partial charge on any atom is -0.253 e. The molecule has 1 heterocycles. The second-order valence-electron chi connectivity index (χ2n) is 2.83. The molecule has 1 rings (SSSR count). The molecule has 66 valence electrons. The standard InChI is InChI=1S/C8H13N3S/c1-5(2)10-11-8-9-6(3)7(4)12-8/h1-4H3,(H,9,11). The van der Waals surface area contributed by atoms with E-state index in [-0.39, 0.29) is 0 Å². The van der Waals surface area contributed by atoms with Crippen molar-refractivity contribution in [3.8, 4) is 0 Å². The van der Waals surface area contributed by atoms with Crippen molar-refractivity contribution in [2.75, 3.05) is 5.43 Å². The number of hydrogen-bond acceptors (Lipinski definition) is 4.